The minimum Gasteiger partial charge on any atom is -0.325 e. The van der Waals surface area contributed by atoms with Crippen LogP contribution in [0.2, 0.25) is 0 Å². The average Bonchev–Trinajstić information content (AvgIpc) is 2.80. The molecule has 2 saturated heterocycles. The molecule has 8 heteroatoms. The second-order valence-electron chi connectivity index (χ2n) is 10.7. The van der Waals surface area contributed by atoms with Crippen molar-refractivity contribution in [2.45, 2.75) is 77.3 Å². The zero-order valence-electron chi connectivity index (χ0n) is 20.9. The summed E-state index contributed by atoms with van der Waals surface area (Å²) in [5.74, 6) is -2.90. The smallest absolute Gasteiger partial charge is 0.320 e. The van der Waals surface area contributed by atoms with Gasteiger partial charge in [0.15, 0.2) is 0 Å². The Balaban J connectivity index is 1.37. The fourth-order valence-electron chi connectivity index (χ4n) is 5.76. The van der Waals surface area contributed by atoms with Crippen LogP contribution in [0.1, 0.15) is 67.7 Å². The molecule has 0 unspecified atom stereocenters. The van der Waals surface area contributed by atoms with Crippen LogP contribution in [0.3, 0.4) is 0 Å². The number of piperazine rings is 1. The monoisotopic (exact) mass is 486 g/mol. The number of ketones is 1. The van der Waals surface area contributed by atoms with Crippen LogP contribution >= 0.6 is 0 Å². The maximum absolute atomic E-state index is 13.1. The number of carbonyl (C=O) groups is 2. The van der Waals surface area contributed by atoms with Crippen LogP contribution in [-0.2, 0) is 17.8 Å². The number of benzene rings is 1. The molecule has 0 N–H and O–H groups in total. The van der Waals surface area contributed by atoms with Crippen molar-refractivity contribution in [2.75, 3.05) is 32.7 Å². The molecular weight excluding hydrogens is 450 g/mol. The Hall–Kier alpha value is -2.53. The van der Waals surface area contributed by atoms with E-state index in [0.29, 0.717) is 18.7 Å². The van der Waals surface area contributed by atoms with Gasteiger partial charge in [-0.15, -0.1) is 0 Å². The lowest BCUT2D eigenvalue weighted by Gasteiger charge is -2.42. The number of piperidine rings is 1. The van der Waals surface area contributed by atoms with E-state index in [1.54, 1.807) is 6.07 Å². The van der Waals surface area contributed by atoms with E-state index in [2.05, 4.69) is 17.9 Å². The standard InChI is InChI=1S/C27H36F2N4O2/c1-19-17-31(8-9-33(19)26(35)32-6-4-3-5-7-32)18-24-11-21(16-30)10-23(20(24)2)13-25(34)12-22-14-27(28,29)15-22/h10-11,19,22H,3-9,12-15,17-18H2,1-2H3/t19-/m0/s1. The Kier molecular flexibility index (Phi) is 7.75. The molecule has 4 rings (SSSR count). The molecule has 1 aromatic rings. The van der Waals surface area contributed by atoms with Crippen LogP contribution in [0.4, 0.5) is 13.6 Å². The lowest BCUT2D eigenvalue weighted by Crippen LogP contribution is -2.57. The minimum absolute atomic E-state index is 0.0481. The van der Waals surface area contributed by atoms with E-state index < -0.39 is 5.92 Å². The van der Waals surface area contributed by atoms with Gasteiger partial charge in [0.25, 0.3) is 0 Å². The molecule has 3 aliphatic rings. The lowest BCUT2D eigenvalue weighted by molar-refractivity contribution is -0.131. The molecule has 0 spiro atoms. The van der Waals surface area contributed by atoms with Crippen LogP contribution in [0, 0.1) is 24.2 Å². The van der Waals surface area contributed by atoms with E-state index in [1.807, 2.05) is 22.8 Å². The zero-order valence-corrected chi connectivity index (χ0v) is 20.9. The van der Waals surface area contributed by atoms with E-state index >= 15 is 0 Å². The molecule has 2 heterocycles. The first-order valence-corrected chi connectivity index (χ1v) is 12.8. The summed E-state index contributed by atoms with van der Waals surface area (Å²) in [4.78, 5) is 31.8. The average molecular weight is 487 g/mol. The molecule has 3 fully saturated rings. The summed E-state index contributed by atoms with van der Waals surface area (Å²) in [5, 5.41) is 9.55. The molecule has 190 valence electrons. The third kappa shape index (κ3) is 6.19. The summed E-state index contributed by atoms with van der Waals surface area (Å²) < 4.78 is 26.2. The first kappa shape index (κ1) is 25.6. The molecule has 1 aliphatic carbocycles. The van der Waals surface area contributed by atoms with Crippen molar-refractivity contribution in [2.24, 2.45) is 5.92 Å². The van der Waals surface area contributed by atoms with Crippen LogP contribution in [0.25, 0.3) is 0 Å². The molecule has 1 aromatic carbocycles. The largest absolute Gasteiger partial charge is 0.325 e. The van der Waals surface area contributed by atoms with Crippen molar-refractivity contribution in [3.63, 3.8) is 0 Å². The van der Waals surface area contributed by atoms with E-state index in [9.17, 15) is 23.6 Å². The van der Waals surface area contributed by atoms with Crippen molar-refractivity contribution in [3.8, 4) is 6.07 Å². The van der Waals surface area contributed by atoms with Gasteiger partial charge in [0.1, 0.15) is 5.78 Å². The molecule has 35 heavy (non-hydrogen) atoms. The Morgan fingerprint density at radius 3 is 2.40 bits per heavy atom. The molecule has 1 saturated carbocycles. The number of hydrogen-bond acceptors (Lipinski definition) is 4. The number of likely N-dealkylation sites (tertiary alicyclic amines) is 1. The number of carbonyl (C=O) groups excluding carboxylic acids is 2. The molecule has 1 atom stereocenters. The fourth-order valence-corrected chi connectivity index (χ4v) is 5.76. The second kappa shape index (κ2) is 10.6. The quantitative estimate of drug-likeness (QED) is 0.593. The van der Waals surface area contributed by atoms with Gasteiger partial charge in [-0.2, -0.15) is 5.26 Å². The van der Waals surface area contributed by atoms with Crippen molar-refractivity contribution in [3.05, 3.63) is 34.4 Å². The van der Waals surface area contributed by atoms with Crippen molar-refractivity contribution < 1.29 is 18.4 Å². The van der Waals surface area contributed by atoms with Crippen molar-refractivity contribution in [1.29, 1.82) is 5.26 Å². The number of halogens is 2. The summed E-state index contributed by atoms with van der Waals surface area (Å²) in [6.07, 6.45) is 3.28. The highest BCUT2D eigenvalue weighted by Gasteiger charge is 2.45. The first-order chi connectivity index (χ1) is 16.6. The summed E-state index contributed by atoms with van der Waals surface area (Å²) in [6.45, 7) is 8.56. The highest BCUT2D eigenvalue weighted by molar-refractivity contribution is 5.81. The lowest BCUT2D eigenvalue weighted by atomic mass is 9.77. The van der Waals surface area contributed by atoms with Gasteiger partial charge in [-0.05, 0) is 67.9 Å². The molecular formula is C27H36F2N4O2. The number of urea groups is 1. The van der Waals surface area contributed by atoms with Gasteiger partial charge < -0.3 is 9.80 Å². The SMILES string of the molecule is Cc1c(CC(=O)CC2CC(F)(F)C2)cc(C#N)cc1CN1CCN(C(=O)N2CCCCC2)[C@@H](C)C1. The number of nitriles is 1. The minimum atomic E-state index is -2.62. The van der Waals surface area contributed by atoms with E-state index in [-0.39, 0.29) is 49.5 Å². The van der Waals surface area contributed by atoms with Gasteiger partial charge in [-0.1, -0.05) is 0 Å². The van der Waals surface area contributed by atoms with Gasteiger partial charge in [-0.3, -0.25) is 9.69 Å². The van der Waals surface area contributed by atoms with Gasteiger partial charge in [0.2, 0.25) is 5.92 Å². The Morgan fingerprint density at radius 1 is 1.09 bits per heavy atom. The van der Waals surface area contributed by atoms with Crippen LogP contribution in [-0.4, -0.2) is 71.2 Å². The molecule has 0 aromatic heterocycles. The number of rotatable bonds is 6. The second-order valence-corrected chi connectivity index (χ2v) is 10.7. The third-order valence-corrected chi connectivity index (χ3v) is 7.81. The fraction of sp³-hybridized carbons (Fsp3) is 0.667. The van der Waals surface area contributed by atoms with Crippen molar-refractivity contribution >= 4 is 11.8 Å². The molecule has 0 bridgehead atoms. The maximum atomic E-state index is 13.1. The number of alkyl halides is 2. The highest BCUT2D eigenvalue weighted by Crippen LogP contribution is 2.44. The predicted molar refractivity (Wildman–Crippen MR) is 129 cm³/mol. The summed E-state index contributed by atoms with van der Waals surface area (Å²) >= 11 is 0. The molecule has 0 radical (unpaired) electrons. The van der Waals surface area contributed by atoms with Gasteiger partial charge in [0.05, 0.1) is 11.6 Å². The zero-order chi connectivity index (χ0) is 25.2. The third-order valence-electron chi connectivity index (χ3n) is 7.81. The summed E-state index contributed by atoms with van der Waals surface area (Å²) in [6, 6.07) is 6.07. The van der Waals surface area contributed by atoms with Crippen molar-refractivity contribution in [1.82, 2.24) is 14.7 Å². The predicted octanol–water partition coefficient (Wildman–Crippen LogP) is 4.53. The Labute approximate surface area is 206 Å². The molecule has 6 nitrogen and oxygen atoms in total. The van der Waals surface area contributed by atoms with E-state index in [1.165, 1.54) is 6.42 Å². The highest BCUT2D eigenvalue weighted by atomic mass is 19.3. The first-order valence-electron chi connectivity index (χ1n) is 12.8. The normalized spacial score (nSPS) is 23.0. The maximum Gasteiger partial charge on any atom is 0.320 e. The van der Waals surface area contributed by atoms with Crippen LogP contribution in [0.5, 0.6) is 0 Å². The van der Waals surface area contributed by atoms with Gasteiger partial charge in [-0.25, -0.2) is 13.6 Å². The molecule has 2 aliphatic heterocycles. The molecule has 2 amide bonds. The number of nitrogens with zero attached hydrogens (tertiary/aromatic N) is 4. The van der Waals surface area contributed by atoms with Crippen LogP contribution < -0.4 is 0 Å². The summed E-state index contributed by atoms with van der Waals surface area (Å²) in [5.41, 5.74) is 3.30. The topological polar surface area (TPSA) is 67.6 Å². The number of Topliss-reactive ketones (excluding diaryl/α,β-unsaturated/α-hetero) is 1. The van der Waals surface area contributed by atoms with E-state index in [0.717, 1.165) is 55.7 Å². The van der Waals surface area contributed by atoms with E-state index in [4.69, 9.17) is 0 Å². The van der Waals surface area contributed by atoms with Gasteiger partial charge in [0, 0.05) is 71.0 Å². The number of amides is 2. The van der Waals surface area contributed by atoms with Gasteiger partial charge >= 0.3 is 6.03 Å². The summed E-state index contributed by atoms with van der Waals surface area (Å²) in [7, 11) is 0. The number of hydrogen-bond donors (Lipinski definition) is 0. The Morgan fingerprint density at radius 2 is 1.77 bits per heavy atom. The van der Waals surface area contributed by atoms with Crippen LogP contribution in [0.15, 0.2) is 12.1 Å². The Bertz CT molecular complexity index is 992.